The van der Waals surface area contributed by atoms with Gasteiger partial charge in [-0.15, -0.1) is 0 Å². The number of aryl methyl sites for hydroxylation is 1. The molecule has 0 aliphatic rings. The lowest BCUT2D eigenvalue weighted by atomic mass is 10.1. The van der Waals surface area contributed by atoms with Gasteiger partial charge >= 0.3 is 5.97 Å². The van der Waals surface area contributed by atoms with Gasteiger partial charge in [0.1, 0.15) is 22.8 Å². The number of carbonyl (C=O) groups is 1. The maximum Gasteiger partial charge on any atom is 0.335 e. The maximum absolute atomic E-state index is 11.4. The van der Waals surface area contributed by atoms with Gasteiger partial charge < -0.3 is 18.6 Å². The molecule has 0 saturated carbocycles. The van der Waals surface area contributed by atoms with E-state index in [0.29, 0.717) is 16.9 Å². The first kappa shape index (κ1) is 17.6. The molecule has 0 aliphatic carbocycles. The lowest BCUT2D eigenvalue weighted by molar-refractivity contribution is -0.145. The number of benzene rings is 2. The molecule has 5 heteroatoms. The molecule has 0 fully saturated rings. The Bertz CT molecular complexity index is 968. The van der Waals surface area contributed by atoms with E-state index in [0.717, 1.165) is 28.0 Å². The lowest BCUT2D eigenvalue weighted by Gasteiger charge is -2.06. The Hall–Kier alpha value is -3.21. The quantitative estimate of drug-likeness (QED) is 0.360. The Labute approximate surface area is 151 Å². The number of carbonyl (C=O) groups excluding carboxylic acids is 1. The zero-order valence-electron chi connectivity index (χ0n) is 15.0. The molecule has 5 nitrogen and oxygen atoms in total. The number of ether oxygens (including phenoxy) is 3. The zero-order valence-corrected chi connectivity index (χ0v) is 15.0. The normalized spacial score (nSPS) is 10.6. The SMILES string of the molecule is C=C(C)C(=O)OCOc1ccc2cc(-c3ccc(OC)cc3C)oc2c1. The zero-order chi connectivity index (χ0) is 18.7. The van der Waals surface area contributed by atoms with Crippen LogP contribution in [0.1, 0.15) is 12.5 Å². The number of rotatable bonds is 6. The van der Waals surface area contributed by atoms with E-state index in [9.17, 15) is 4.79 Å². The molecule has 0 spiro atoms. The van der Waals surface area contributed by atoms with Gasteiger partial charge in [-0.2, -0.15) is 0 Å². The second-order valence-corrected chi connectivity index (χ2v) is 5.97. The number of methoxy groups -OCH3 is 1. The van der Waals surface area contributed by atoms with Crippen molar-refractivity contribution in [3.63, 3.8) is 0 Å². The smallest absolute Gasteiger partial charge is 0.335 e. The molecule has 0 radical (unpaired) electrons. The topological polar surface area (TPSA) is 57.9 Å². The molecule has 0 N–H and O–H groups in total. The van der Waals surface area contributed by atoms with Gasteiger partial charge in [0.15, 0.2) is 0 Å². The Morgan fingerprint density at radius 3 is 2.58 bits per heavy atom. The predicted molar refractivity (Wildman–Crippen MR) is 99.3 cm³/mol. The van der Waals surface area contributed by atoms with Crippen molar-refractivity contribution < 1.29 is 23.4 Å². The van der Waals surface area contributed by atoms with Crippen molar-refractivity contribution in [3.05, 3.63) is 60.2 Å². The monoisotopic (exact) mass is 352 g/mol. The third-order valence-electron chi connectivity index (χ3n) is 3.95. The average Bonchev–Trinajstić information content (AvgIpc) is 3.04. The van der Waals surface area contributed by atoms with Crippen LogP contribution in [0.25, 0.3) is 22.3 Å². The molecule has 0 bridgehead atoms. The largest absolute Gasteiger partial charge is 0.497 e. The van der Waals surface area contributed by atoms with Gasteiger partial charge in [-0.3, -0.25) is 0 Å². The van der Waals surface area contributed by atoms with Gasteiger partial charge in [0, 0.05) is 22.6 Å². The van der Waals surface area contributed by atoms with Crippen molar-refractivity contribution >= 4 is 16.9 Å². The van der Waals surface area contributed by atoms with Crippen LogP contribution in [0.2, 0.25) is 0 Å². The third kappa shape index (κ3) is 3.72. The molecule has 1 heterocycles. The third-order valence-corrected chi connectivity index (χ3v) is 3.95. The van der Waals surface area contributed by atoms with Gasteiger partial charge in [0.05, 0.1) is 7.11 Å². The number of hydrogen-bond donors (Lipinski definition) is 0. The predicted octanol–water partition coefficient (Wildman–Crippen LogP) is 4.87. The summed E-state index contributed by atoms with van der Waals surface area (Å²) in [5.74, 6) is 1.65. The Morgan fingerprint density at radius 1 is 1.12 bits per heavy atom. The van der Waals surface area contributed by atoms with Crippen molar-refractivity contribution in [2.75, 3.05) is 13.9 Å². The van der Waals surface area contributed by atoms with Gasteiger partial charge in [0.25, 0.3) is 0 Å². The van der Waals surface area contributed by atoms with E-state index in [1.54, 1.807) is 26.2 Å². The maximum atomic E-state index is 11.4. The number of fused-ring (bicyclic) bond motifs is 1. The minimum Gasteiger partial charge on any atom is -0.497 e. The van der Waals surface area contributed by atoms with Crippen LogP contribution in [-0.2, 0) is 9.53 Å². The number of esters is 1. The summed E-state index contributed by atoms with van der Waals surface area (Å²) >= 11 is 0. The van der Waals surface area contributed by atoms with E-state index in [4.69, 9.17) is 18.6 Å². The first-order valence-corrected chi connectivity index (χ1v) is 8.12. The summed E-state index contributed by atoms with van der Waals surface area (Å²) in [7, 11) is 1.64. The van der Waals surface area contributed by atoms with Crippen LogP contribution in [0, 0.1) is 6.92 Å². The summed E-state index contributed by atoms with van der Waals surface area (Å²) in [6.07, 6.45) is 0. The molecule has 3 aromatic rings. The van der Waals surface area contributed by atoms with Gasteiger partial charge in [-0.25, -0.2) is 4.79 Å². The highest BCUT2D eigenvalue weighted by atomic mass is 16.7. The molecule has 0 aliphatic heterocycles. The molecule has 134 valence electrons. The summed E-state index contributed by atoms with van der Waals surface area (Å²) < 4.78 is 21.6. The first-order valence-electron chi connectivity index (χ1n) is 8.12. The molecule has 0 saturated heterocycles. The Balaban J connectivity index is 1.79. The molecular weight excluding hydrogens is 332 g/mol. The van der Waals surface area contributed by atoms with Crippen molar-refractivity contribution in [2.45, 2.75) is 13.8 Å². The summed E-state index contributed by atoms with van der Waals surface area (Å²) in [4.78, 5) is 11.4. The second kappa shape index (κ2) is 7.35. The first-order chi connectivity index (χ1) is 12.5. The van der Waals surface area contributed by atoms with Crippen molar-refractivity contribution in [3.8, 4) is 22.8 Å². The van der Waals surface area contributed by atoms with E-state index in [1.165, 1.54) is 0 Å². The van der Waals surface area contributed by atoms with Crippen LogP contribution in [0.5, 0.6) is 11.5 Å². The van der Waals surface area contributed by atoms with Crippen LogP contribution >= 0.6 is 0 Å². The molecule has 1 aromatic heterocycles. The van der Waals surface area contributed by atoms with Crippen molar-refractivity contribution in [2.24, 2.45) is 0 Å². The summed E-state index contributed by atoms with van der Waals surface area (Å²) in [6.45, 7) is 6.93. The minimum absolute atomic E-state index is 0.178. The van der Waals surface area contributed by atoms with E-state index < -0.39 is 5.97 Å². The Kier molecular flexibility index (Phi) is 4.98. The number of hydrogen-bond acceptors (Lipinski definition) is 5. The van der Waals surface area contributed by atoms with Gasteiger partial charge in [-0.05, 0) is 55.8 Å². The highest BCUT2D eigenvalue weighted by Crippen LogP contribution is 2.33. The van der Waals surface area contributed by atoms with Crippen molar-refractivity contribution in [1.29, 1.82) is 0 Å². The number of furan rings is 1. The summed E-state index contributed by atoms with van der Waals surface area (Å²) in [5.41, 5.74) is 3.08. The van der Waals surface area contributed by atoms with Crippen LogP contribution in [-0.4, -0.2) is 19.9 Å². The van der Waals surface area contributed by atoms with Crippen LogP contribution in [0.4, 0.5) is 0 Å². The fourth-order valence-corrected chi connectivity index (χ4v) is 2.55. The van der Waals surface area contributed by atoms with E-state index in [1.807, 2.05) is 37.3 Å². The molecule has 0 atom stereocenters. The van der Waals surface area contributed by atoms with Crippen LogP contribution in [0.15, 0.2) is 59.0 Å². The Morgan fingerprint density at radius 2 is 1.88 bits per heavy atom. The van der Waals surface area contributed by atoms with Gasteiger partial charge in [-0.1, -0.05) is 6.58 Å². The second-order valence-electron chi connectivity index (χ2n) is 5.97. The molecule has 2 aromatic carbocycles. The summed E-state index contributed by atoms with van der Waals surface area (Å²) in [6, 6.07) is 13.3. The highest BCUT2D eigenvalue weighted by molar-refractivity contribution is 5.87. The molecule has 26 heavy (non-hydrogen) atoms. The van der Waals surface area contributed by atoms with Crippen molar-refractivity contribution in [1.82, 2.24) is 0 Å². The standard InChI is InChI=1S/C21H20O5/c1-13(2)21(22)25-12-24-17-6-5-15-10-20(26-19(15)11-17)18-8-7-16(23-4)9-14(18)3/h5-11H,1,12H2,2-4H3. The lowest BCUT2D eigenvalue weighted by Crippen LogP contribution is -2.10. The van der Waals surface area contributed by atoms with Crippen LogP contribution < -0.4 is 9.47 Å². The fourth-order valence-electron chi connectivity index (χ4n) is 2.55. The molecular formula is C21H20O5. The summed E-state index contributed by atoms with van der Waals surface area (Å²) in [5, 5.41) is 0.960. The van der Waals surface area contributed by atoms with Gasteiger partial charge in [0.2, 0.25) is 6.79 Å². The fraction of sp³-hybridized carbons (Fsp3) is 0.190. The highest BCUT2D eigenvalue weighted by Gasteiger charge is 2.11. The van der Waals surface area contributed by atoms with E-state index in [-0.39, 0.29) is 6.79 Å². The minimum atomic E-state index is -0.485. The molecule has 0 amide bonds. The van der Waals surface area contributed by atoms with E-state index in [2.05, 4.69) is 6.58 Å². The molecule has 0 unspecified atom stereocenters. The molecule has 3 rings (SSSR count). The average molecular weight is 352 g/mol. The van der Waals surface area contributed by atoms with Crippen LogP contribution in [0.3, 0.4) is 0 Å². The van der Waals surface area contributed by atoms with E-state index >= 15 is 0 Å².